The highest BCUT2D eigenvalue weighted by atomic mass is 35.5. The Morgan fingerprint density at radius 2 is 1.92 bits per heavy atom. The molecular weight excluding hydrogens is 344 g/mol. The maximum absolute atomic E-state index is 12.0. The summed E-state index contributed by atoms with van der Waals surface area (Å²) in [6, 6.07) is 11.4. The predicted octanol–water partition coefficient (Wildman–Crippen LogP) is 3.50. The lowest BCUT2D eigenvalue weighted by Crippen LogP contribution is -2.21. The van der Waals surface area contributed by atoms with Crippen LogP contribution in [0.1, 0.15) is 24.2 Å². The van der Waals surface area contributed by atoms with Gasteiger partial charge in [-0.2, -0.15) is 0 Å². The Kier molecular flexibility index (Phi) is 6.25. The van der Waals surface area contributed by atoms with Crippen LogP contribution in [0.4, 0.5) is 11.4 Å². The van der Waals surface area contributed by atoms with Gasteiger partial charge in [0.05, 0.1) is 28.1 Å². The molecule has 0 radical (unpaired) electrons. The molecule has 0 aromatic heterocycles. The number of carbonyl (C=O) groups is 2. The van der Waals surface area contributed by atoms with Crippen molar-refractivity contribution in [3.63, 3.8) is 0 Å². The van der Waals surface area contributed by atoms with Crippen LogP contribution in [0.15, 0.2) is 42.5 Å². The number of hydrogen-bond acceptors (Lipinski definition) is 5. The monoisotopic (exact) mass is 362 g/mol. The molecule has 6 nitrogen and oxygen atoms in total. The molecule has 0 fully saturated rings. The maximum Gasteiger partial charge on any atom is 0.338 e. The van der Waals surface area contributed by atoms with Gasteiger partial charge < -0.3 is 20.5 Å². The van der Waals surface area contributed by atoms with Gasteiger partial charge in [-0.15, -0.1) is 0 Å². The number of carbonyl (C=O) groups excluding carboxylic acids is 2. The number of halogens is 1. The minimum absolute atomic E-state index is 0.229. The molecule has 0 aliphatic rings. The molecule has 0 saturated carbocycles. The van der Waals surface area contributed by atoms with Gasteiger partial charge in [0.25, 0.3) is 5.91 Å². The summed E-state index contributed by atoms with van der Waals surface area (Å²) < 4.78 is 10.5. The van der Waals surface area contributed by atoms with E-state index in [-0.39, 0.29) is 18.5 Å². The van der Waals surface area contributed by atoms with Gasteiger partial charge in [0.2, 0.25) is 0 Å². The normalized spacial score (nSPS) is 10.4. The lowest BCUT2D eigenvalue weighted by Gasteiger charge is -2.12. The molecule has 0 aliphatic heterocycles. The molecule has 0 aliphatic carbocycles. The molecule has 0 heterocycles. The van der Waals surface area contributed by atoms with Crippen LogP contribution in [0.3, 0.4) is 0 Å². The fraction of sp³-hybridized carbons (Fsp3) is 0.222. The zero-order chi connectivity index (χ0) is 18.4. The summed E-state index contributed by atoms with van der Waals surface area (Å²) in [5, 5.41) is 3.06. The molecule has 3 N–H and O–H groups in total. The molecule has 0 bridgehead atoms. The highest BCUT2D eigenvalue weighted by Gasteiger charge is 2.13. The number of hydrogen-bond donors (Lipinski definition) is 2. The molecule has 0 spiro atoms. The number of nitrogens with two attached hydrogens (primary N) is 1. The van der Waals surface area contributed by atoms with Gasteiger partial charge in [-0.1, -0.05) is 23.7 Å². The molecule has 1 amide bonds. The zero-order valence-electron chi connectivity index (χ0n) is 13.9. The Morgan fingerprint density at radius 1 is 1.20 bits per heavy atom. The fourth-order valence-corrected chi connectivity index (χ4v) is 2.14. The van der Waals surface area contributed by atoms with E-state index < -0.39 is 11.9 Å². The Hall–Kier alpha value is -2.73. The number of anilines is 2. The van der Waals surface area contributed by atoms with Crippen LogP contribution in [-0.4, -0.2) is 24.6 Å². The molecule has 2 aromatic rings. The second kappa shape index (κ2) is 8.39. The SMILES string of the molecule is CC(C)OC(=O)c1ccc(N)c(OCC(=O)Nc2ccccc2Cl)c1. The number of amides is 1. The Bertz CT molecular complexity index is 777. The second-order valence-electron chi connectivity index (χ2n) is 5.52. The van der Waals surface area contributed by atoms with E-state index >= 15 is 0 Å². The molecule has 7 heteroatoms. The fourth-order valence-electron chi connectivity index (χ4n) is 1.96. The predicted molar refractivity (Wildman–Crippen MR) is 97.0 cm³/mol. The maximum atomic E-state index is 12.0. The number of para-hydroxylation sites is 1. The molecule has 2 aromatic carbocycles. The van der Waals surface area contributed by atoms with Crippen molar-refractivity contribution >= 4 is 34.9 Å². The third kappa shape index (κ3) is 5.39. The average molecular weight is 363 g/mol. The summed E-state index contributed by atoms with van der Waals surface area (Å²) in [6.07, 6.45) is -0.240. The summed E-state index contributed by atoms with van der Waals surface area (Å²) in [6.45, 7) is 3.23. The first-order valence-corrected chi connectivity index (χ1v) is 8.02. The van der Waals surface area contributed by atoms with Crippen LogP contribution in [0.2, 0.25) is 5.02 Å². The number of nitrogens with one attached hydrogen (secondary N) is 1. The van der Waals surface area contributed by atoms with E-state index in [2.05, 4.69) is 5.32 Å². The van der Waals surface area contributed by atoms with Crippen LogP contribution >= 0.6 is 11.6 Å². The van der Waals surface area contributed by atoms with Crippen molar-refractivity contribution in [2.75, 3.05) is 17.7 Å². The number of rotatable bonds is 6. The summed E-state index contributed by atoms with van der Waals surface area (Å²) in [5.41, 5.74) is 6.92. The second-order valence-corrected chi connectivity index (χ2v) is 5.93. The van der Waals surface area contributed by atoms with Crippen LogP contribution in [0.5, 0.6) is 5.75 Å². The third-order valence-electron chi connectivity index (χ3n) is 3.10. The van der Waals surface area contributed by atoms with Crippen molar-refractivity contribution in [2.24, 2.45) is 0 Å². The van der Waals surface area contributed by atoms with E-state index in [9.17, 15) is 9.59 Å². The van der Waals surface area contributed by atoms with Crippen molar-refractivity contribution in [3.05, 3.63) is 53.1 Å². The molecule has 132 valence electrons. The minimum Gasteiger partial charge on any atom is -0.482 e. The number of ether oxygens (including phenoxy) is 2. The molecule has 0 atom stereocenters. The zero-order valence-corrected chi connectivity index (χ0v) is 14.7. The van der Waals surface area contributed by atoms with Gasteiger partial charge in [0, 0.05) is 0 Å². The number of esters is 1. The van der Waals surface area contributed by atoms with Crippen LogP contribution < -0.4 is 15.8 Å². The van der Waals surface area contributed by atoms with Gasteiger partial charge in [0.1, 0.15) is 5.75 Å². The minimum atomic E-state index is -0.486. The van der Waals surface area contributed by atoms with Gasteiger partial charge in [0.15, 0.2) is 6.61 Å². The van der Waals surface area contributed by atoms with Crippen LogP contribution in [0.25, 0.3) is 0 Å². The van der Waals surface area contributed by atoms with E-state index in [4.69, 9.17) is 26.8 Å². The van der Waals surface area contributed by atoms with Gasteiger partial charge in [-0.05, 0) is 44.2 Å². The van der Waals surface area contributed by atoms with E-state index in [0.29, 0.717) is 22.0 Å². The van der Waals surface area contributed by atoms with Crippen LogP contribution in [-0.2, 0) is 9.53 Å². The standard InChI is InChI=1S/C18H19ClN2O4/c1-11(2)25-18(23)12-7-8-14(20)16(9-12)24-10-17(22)21-15-6-4-3-5-13(15)19/h3-9,11H,10,20H2,1-2H3,(H,21,22). The van der Waals surface area contributed by atoms with Gasteiger partial charge in [-0.3, -0.25) is 4.79 Å². The lowest BCUT2D eigenvalue weighted by molar-refractivity contribution is -0.118. The number of benzene rings is 2. The summed E-state index contributed by atoms with van der Waals surface area (Å²) in [4.78, 5) is 23.9. The third-order valence-corrected chi connectivity index (χ3v) is 3.43. The van der Waals surface area contributed by atoms with Gasteiger partial charge in [-0.25, -0.2) is 4.79 Å². The Labute approximate surface area is 150 Å². The van der Waals surface area contributed by atoms with E-state index in [1.807, 2.05) is 0 Å². The summed E-state index contributed by atoms with van der Waals surface area (Å²) >= 11 is 5.98. The van der Waals surface area contributed by atoms with Crippen molar-refractivity contribution < 1.29 is 19.1 Å². The van der Waals surface area contributed by atoms with Crippen LogP contribution in [0, 0.1) is 0 Å². The summed E-state index contributed by atoms with van der Waals surface area (Å²) in [7, 11) is 0. The average Bonchev–Trinajstić information content (AvgIpc) is 2.55. The van der Waals surface area contributed by atoms with E-state index in [1.165, 1.54) is 18.2 Å². The lowest BCUT2D eigenvalue weighted by atomic mass is 10.2. The largest absolute Gasteiger partial charge is 0.482 e. The molecule has 0 unspecified atom stereocenters. The molecule has 25 heavy (non-hydrogen) atoms. The van der Waals surface area contributed by atoms with Crippen molar-refractivity contribution in [1.82, 2.24) is 0 Å². The topological polar surface area (TPSA) is 90.7 Å². The highest BCUT2D eigenvalue weighted by molar-refractivity contribution is 6.33. The first-order valence-electron chi connectivity index (χ1n) is 7.64. The molecule has 0 saturated heterocycles. The van der Waals surface area contributed by atoms with E-state index in [0.717, 1.165) is 0 Å². The van der Waals surface area contributed by atoms with Crippen molar-refractivity contribution in [1.29, 1.82) is 0 Å². The Balaban J connectivity index is 2.01. The summed E-state index contributed by atoms with van der Waals surface area (Å²) in [5.74, 6) is -0.657. The molecular formula is C18H19ClN2O4. The molecule has 2 rings (SSSR count). The number of nitrogen functional groups attached to an aromatic ring is 1. The first-order chi connectivity index (χ1) is 11.9. The Morgan fingerprint density at radius 3 is 2.60 bits per heavy atom. The smallest absolute Gasteiger partial charge is 0.338 e. The quantitative estimate of drug-likeness (QED) is 0.606. The van der Waals surface area contributed by atoms with Gasteiger partial charge >= 0.3 is 5.97 Å². The van der Waals surface area contributed by atoms with Crippen molar-refractivity contribution in [2.45, 2.75) is 20.0 Å². The van der Waals surface area contributed by atoms with Crippen molar-refractivity contribution in [3.8, 4) is 5.75 Å². The van der Waals surface area contributed by atoms with E-state index in [1.54, 1.807) is 38.1 Å². The first kappa shape index (κ1) is 18.6. The highest BCUT2D eigenvalue weighted by Crippen LogP contribution is 2.24.